The van der Waals surface area contributed by atoms with Crippen molar-refractivity contribution in [2.24, 2.45) is 5.73 Å². The second-order valence-corrected chi connectivity index (χ2v) is 5.68. The van der Waals surface area contributed by atoms with Crippen LogP contribution in [0.15, 0.2) is 12.1 Å². The van der Waals surface area contributed by atoms with E-state index in [1.54, 1.807) is 7.11 Å². The van der Waals surface area contributed by atoms with E-state index in [-0.39, 0.29) is 5.54 Å². The van der Waals surface area contributed by atoms with E-state index in [9.17, 15) is 0 Å². The van der Waals surface area contributed by atoms with Gasteiger partial charge in [0.05, 0.1) is 7.11 Å². The second kappa shape index (κ2) is 6.21. The molecule has 0 spiro atoms. The zero-order valence-electron chi connectivity index (χ0n) is 12.3. The Balaban J connectivity index is 2.54. The molecule has 102 valence electrons. The molecule has 0 heterocycles. The molecule has 0 saturated heterocycles. The highest BCUT2D eigenvalue weighted by Gasteiger charge is 2.09. The Labute approximate surface area is 111 Å². The minimum Gasteiger partial charge on any atom is -0.496 e. The number of ether oxygens (including phenoxy) is 1. The predicted octanol–water partition coefficient (Wildman–Crippen LogP) is 2.18. The summed E-state index contributed by atoms with van der Waals surface area (Å²) < 4.78 is 5.37. The molecule has 18 heavy (non-hydrogen) atoms. The number of nitrogens with two attached hydrogens (primary N) is 1. The third kappa shape index (κ3) is 4.67. The smallest absolute Gasteiger partial charge is 0.124 e. The zero-order chi connectivity index (χ0) is 13.8. The van der Waals surface area contributed by atoms with E-state index in [0.29, 0.717) is 0 Å². The van der Waals surface area contributed by atoms with Crippen molar-refractivity contribution in [1.82, 2.24) is 5.32 Å². The molecule has 0 amide bonds. The molecule has 0 saturated carbocycles. The van der Waals surface area contributed by atoms with Crippen molar-refractivity contribution in [1.29, 1.82) is 0 Å². The monoisotopic (exact) mass is 250 g/mol. The van der Waals surface area contributed by atoms with Gasteiger partial charge in [-0.2, -0.15) is 0 Å². The van der Waals surface area contributed by atoms with Crippen LogP contribution in [0.2, 0.25) is 0 Å². The first kappa shape index (κ1) is 15.0. The second-order valence-electron chi connectivity index (χ2n) is 5.68. The van der Waals surface area contributed by atoms with Gasteiger partial charge in [0.15, 0.2) is 0 Å². The molecule has 1 aromatic carbocycles. The Kier molecular flexibility index (Phi) is 5.17. The Hall–Kier alpha value is -1.06. The molecule has 0 radical (unpaired) electrons. The van der Waals surface area contributed by atoms with E-state index in [4.69, 9.17) is 10.5 Å². The van der Waals surface area contributed by atoms with E-state index < -0.39 is 0 Å². The highest BCUT2D eigenvalue weighted by Crippen LogP contribution is 2.24. The highest BCUT2D eigenvalue weighted by molar-refractivity contribution is 5.43. The van der Waals surface area contributed by atoms with Gasteiger partial charge in [-0.05, 0) is 57.4 Å². The summed E-state index contributed by atoms with van der Waals surface area (Å²) in [5.41, 5.74) is 9.52. The van der Waals surface area contributed by atoms with Crippen molar-refractivity contribution >= 4 is 0 Å². The van der Waals surface area contributed by atoms with Crippen LogP contribution in [0.5, 0.6) is 5.75 Å². The fraction of sp³-hybridized carbons (Fsp3) is 0.600. The molecule has 1 rings (SSSR count). The number of hydrogen-bond donors (Lipinski definition) is 2. The SMILES string of the molecule is COc1c(C)cc(CCNCC(C)(C)N)cc1C. The molecule has 0 unspecified atom stereocenters. The van der Waals surface area contributed by atoms with E-state index in [1.165, 1.54) is 16.7 Å². The van der Waals surface area contributed by atoms with E-state index in [2.05, 4.69) is 31.3 Å². The topological polar surface area (TPSA) is 47.3 Å². The van der Waals surface area contributed by atoms with Crippen LogP contribution < -0.4 is 15.8 Å². The maximum atomic E-state index is 5.92. The summed E-state index contributed by atoms with van der Waals surface area (Å²) in [5, 5.41) is 3.39. The van der Waals surface area contributed by atoms with Crippen molar-refractivity contribution in [2.45, 2.75) is 39.7 Å². The van der Waals surface area contributed by atoms with Crippen LogP contribution in [0, 0.1) is 13.8 Å². The van der Waals surface area contributed by atoms with Crippen LogP contribution in [0.1, 0.15) is 30.5 Å². The quantitative estimate of drug-likeness (QED) is 0.761. The van der Waals surface area contributed by atoms with Crippen molar-refractivity contribution in [3.8, 4) is 5.75 Å². The molecular weight excluding hydrogens is 224 g/mol. The molecule has 3 heteroatoms. The average molecular weight is 250 g/mol. The normalized spacial score (nSPS) is 11.7. The Morgan fingerprint density at radius 2 is 1.78 bits per heavy atom. The van der Waals surface area contributed by atoms with Crippen molar-refractivity contribution in [3.63, 3.8) is 0 Å². The van der Waals surface area contributed by atoms with Crippen LogP contribution in [-0.4, -0.2) is 25.7 Å². The minimum atomic E-state index is -0.147. The summed E-state index contributed by atoms with van der Waals surface area (Å²) >= 11 is 0. The summed E-state index contributed by atoms with van der Waals surface area (Å²) in [6, 6.07) is 4.39. The van der Waals surface area contributed by atoms with Gasteiger partial charge < -0.3 is 15.8 Å². The van der Waals surface area contributed by atoms with Crippen LogP contribution in [0.3, 0.4) is 0 Å². The molecule has 3 N–H and O–H groups in total. The average Bonchev–Trinajstić information content (AvgIpc) is 2.23. The van der Waals surface area contributed by atoms with Crippen molar-refractivity contribution in [2.75, 3.05) is 20.2 Å². The zero-order valence-corrected chi connectivity index (χ0v) is 12.3. The molecule has 0 aliphatic rings. The van der Waals surface area contributed by atoms with E-state index in [0.717, 1.165) is 25.3 Å². The van der Waals surface area contributed by atoms with Crippen LogP contribution in [0.25, 0.3) is 0 Å². The van der Waals surface area contributed by atoms with Crippen LogP contribution >= 0.6 is 0 Å². The molecule has 0 aliphatic heterocycles. The van der Waals surface area contributed by atoms with Gasteiger partial charge in [0.25, 0.3) is 0 Å². The summed E-state index contributed by atoms with van der Waals surface area (Å²) in [6.45, 7) is 10.0. The number of methoxy groups -OCH3 is 1. The number of rotatable bonds is 6. The lowest BCUT2D eigenvalue weighted by atomic mass is 10.0. The molecule has 1 aromatic rings. The lowest BCUT2D eigenvalue weighted by molar-refractivity contribution is 0.408. The van der Waals surface area contributed by atoms with Gasteiger partial charge in [0.1, 0.15) is 5.75 Å². The lowest BCUT2D eigenvalue weighted by Gasteiger charge is -2.19. The molecular formula is C15H26N2O. The maximum Gasteiger partial charge on any atom is 0.124 e. The number of aryl methyl sites for hydroxylation is 2. The molecule has 0 aliphatic carbocycles. The summed E-state index contributed by atoms with van der Waals surface area (Å²) in [7, 11) is 1.72. The Morgan fingerprint density at radius 3 is 2.22 bits per heavy atom. The summed E-state index contributed by atoms with van der Waals surface area (Å²) in [6.07, 6.45) is 1.02. The van der Waals surface area contributed by atoms with E-state index in [1.807, 2.05) is 13.8 Å². The molecule has 3 nitrogen and oxygen atoms in total. The standard InChI is InChI=1S/C15H26N2O/c1-11-8-13(9-12(2)14(11)18-5)6-7-17-10-15(3,4)16/h8-9,17H,6-7,10,16H2,1-5H3. The maximum absolute atomic E-state index is 5.92. The largest absolute Gasteiger partial charge is 0.496 e. The van der Waals surface area contributed by atoms with Crippen LogP contribution in [0.4, 0.5) is 0 Å². The number of nitrogens with one attached hydrogen (secondary N) is 1. The first-order valence-corrected chi connectivity index (χ1v) is 6.47. The third-order valence-corrected chi connectivity index (χ3v) is 2.90. The number of hydrogen-bond acceptors (Lipinski definition) is 3. The summed E-state index contributed by atoms with van der Waals surface area (Å²) in [5.74, 6) is 0.995. The van der Waals surface area contributed by atoms with Crippen LogP contribution in [-0.2, 0) is 6.42 Å². The molecule has 0 fully saturated rings. The highest BCUT2D eigenvalue weighted by atomic mass is 16.5. The minimum absolute atomic E-state index is 0.147. The molecule has 0 aromatic heterocycles. The Morgan fingerprint density at radius 1 is 1.22 bits per heavy atom. The van der Waals surface area contributed by atoms with E-state index >= 15 is 0 Å². The first-order chi connectivity index (χ1) is 8.33. The first-order valence-electron chi connectivity index (χ1n) is 6.47. The summed E-state index contributed by atoms with van der Waals surface area (Å²) in [4.78, 5) is 0. The van der Waals surface area contributed by atoms with Gasteiger partial charge in [-0.3, -0.25) is 0 Å². The number of benzene rings is 1. The van der Waals surface area contributed by atoms with Gasteiger partial charge in [0, 0.05) is 12.1 Å². The van der Waals surface area contributed by atoms with Gasteiger partial charge in [0.2, 0.25) is 0 Å². The fourth-order valence-corrected chi connectivity index (χ4v) is 2.15. The molecule has 0 atom stereocenters. The third-order valence-electron chi connectivity index (χ3n) is 2.90. The van der Waals surface area contributed by atoms with Crippen molar-refractivity contribution < 1.29 is 4.74 Å². The van der Waals surface area contributed by atoms with Gasteiger partial charge in [-0.1, -0.05) is 12.1 Å². The lowest BCUT2D eigenvalue weighted by Crippen LogP contribution is -2.43. The Bertz CT molecular complexity index is 371. The van der Waals surface area contributed by atoms with Gasteiger partial charge in [-0.25, -0.2) is 0 Å². The predicted molar refractivity (Wildman–Crippen MR) is 77.3 cm³/mol. The fourth-order valence-electron chi connectivity index (χ4n) is 2.15. The van der Waals surface area contributed by atoms with Gasteiger partial charge >= 0.3 is 0 Å². The molecule has 0 bridgehead atoms. The van der Waals surface area contributed by atoms with Gasteiger partial charge in [-0.15, -0.1) is 0 Å². The van der Waals surface area contributed by atoms with Crippen molar-refractivity contribution in [3.05, 3.63) is 28.8 Å².